The number of thioether (sulfide) groups is 1. The van der Waals surface area contributed by atoms with Crippen LogP contribution in [0, 0.1) is 6.92 Å². The van der Waals surface area contributed by atoms with Crippen molar-refractivity contribution in [1.82, 2.24) is 14.8 Å². The maximum atomic E-state index is 11.7. The number of ether oxygens (including phenoxy) is 1. The van der Waals surface area contributed by atoms with Gasteiger partial charge in [0.1, 0.15) is 17.1 Å². The van der Waals surface area contributed by atoms with Crippen LogP contribution in [0.5, 0.6) is 0 Å². The molecule has 1 aromatic carbocycles. The van der Waals surface area contributed by atoms with Gasteiger partial charge in [0.25, 0.3) is 0 Å². The highest BCUT2D eigenvalue weighted by Gasteiger charge is 2.17. The molecule has 0 unspecified atom stereocenters. The van der Waals surface area contributed by atoms with Crippen molar-refractivity contribution in [2.45, 2.75) is 24.4 Å². The smallest absolute Gasteiger partial charge is 0.341 e. The molecule has 0 fully saturated rings. The van der Waals surface area contributed by atoms with Crippen LogP contribution in [-0.2, 0) is 17.0 Å². The van der Waals surface area contributed by atoms with E-state index in [1.807, 2.05) is 29.7 Å². The highest BCUT2D eigenvalue weighted by Crippen LogP contribution is 2.25. The summed E-state index contributed by atoms with van der Waals surface area (Å²) in [6.45, 7) is 2.62. The largest absolute Gasteiger partial charge is 0.468 e. The molecule has 2 aromatic heterocycles. The van der Waals surface area contributed by atoms with Crippen LogP contribution in [-0.4, -0.2) is 27.8 Å². The van der Waals surface area contributed by atoms with Gasteiger partial charge in [0, 0.05) is 0 Å². The Kier molecular flexibility index (Phi) is 5.00. The zero-order valence-corrected chi connectivity index (χ0v) is 14.2. The summed E-state index contributed by atoms with van der Waals surface area (Å²) in [5.74, 6) is 1.48. The van der Waals surface area contributed by atoms with Crippen molar-refractivity contribution in [3.05, 3.63) is 65.4 Å². The topological polar surface area (TPSA) is 70.2 Å². The zero-order chi connectivity index (χ0) is 16.9. The fraction of sp³-hybridized carbons (Fsp3) is 0.235. The van der Waals surface area contributed by atoms with Crippen molar-refractivity contribution >= 4 is 17.7 Å². The molecule has 0 spiro atoms. The van der Waals surface area contributed by atoms with Gasteiger partial charge in [0.2, 0.25) is 0 Å². The van der Waals surface area contributed by atoms with Crippen LogP contribution in [0.4, 0.5) is 0 Å². The molecule has 3 rings (SSSR count). The van der Waals surface area contributed by atoms with E-state index in [1.165, 1.54) is 30.7 Å². The summed E-state index contributed by atoms with van der Waals surface area (Å²) in [5.41, 5.74) is 1.62. The number of carbonyl (C=O) groups is 1. The first kappa shape index (κ1) is 16.3. The van der Waals surface area contributed by atoms with Crippen LogP contribution in [0.3, 0.4) is 0 Å². The van der Waals surface area contributed by atoms with Gasteiger partial charge < -0.3 is 13.7 Å². The molecule has 3 aromatic rings. The highest BCUT2D eigenvalue weighted by molar-refractivity contribution is 7.98. The van der Waals surface area contributed by atoms with Crippen LogP contribution >= 0.6 is 11.8 Å². The minimum absolute atomic E-state index is 0.402. The maximum absolute atomic E-state index is 11.7. The fourth-order valence-corrected chi connectivity index (χ4v) is 3.23. The molecular formula is C17H17N3O3S. The molecule has 0 bridgehead atoms. The number of hydrogen-bond donors (Lipinski definition) is 0. The summed E-state index contributed by atoms with van der Waals surface area (Å²) in [6, 6.07) is 11.7. The lowest BCUT2D eigenvalue weighted by molar-refractivity contribution is 0.0598. The summed E-state index contributed by atoms with van der Waals surface area (Å²) in [5, 5.41) is 9.16. The number of aromatic nitrogens is 3. The Hall–Kier alpha value is -2.54. The minimum atomic E-state index is -0.402. The van der Waals surface area contributed by atoms with E-state index in [2.05, 4.69) is 22.3 Å². The third kappa shape index (κ3) is 3.51. The second kappa shape index (κ2) is 7.35. The Balaban J connectivity index is 1.75. The summed E-state index contributed by atoms with van der Waals surface area (Å²) in [4.78, 5) is 11.7. The first-order chi connectivity index (χ1) is 11.7. The van der Waals surface area contributed by atoms with Crippen LogP contribution in [0.2, 0.25) is 0 Å². The molecular weight excluding hydrogens is 326 g/mol. The monoisotopic (exact) mass is 343 g/mol. The third-order valence-electron chi connectivity index (χ3n) is 3.57. The van der Waals surface area contributed by atoms with Crippen molar-refractivity contribution in [3.63, 3.8) is 0 Å². The minimum Gasteiger partial charge on any atom is -0.468 e. The van der Waals surface area contributed by atoms with Crippen molar-refractivity contribution in [2.75, 3.05) is 7.11 Å². The average Bonchev–Trinajstić information content (AvgIpc) is 3.21. The Labute approximate surface area is 143 Å². The van der Waals surface area contributed by atoms with E-state index in [4.69, 9.17) is 9.15 Å². The number of methoxy groups -OCH3 is 1. The summed E-state index contributed by atoms with van der Waals surface area (Å²) in [7, 11) is 1.35. The lowest BCUT2D eigenvalue weighted by Crippen LogP contribution is -2.05. The van der Waals surface area contributed by atoms with Gasteiger partial charge in [-0.15, -0.1) is 10.2 Å². The van der Waals surface area contributed by atoms with Gasteiger partial charge >= 0.3 is 5.97 Å². The lowest BCUT2D eigenvalue weighted by Gasteiger charge is -2.08. The second-order valence-electron chi connectivity index (χ2n) is 5.14. The molecule has 0 saturated carbocycles. The summed E-state index contributed by atoms with van der Waals surface area (Å²) >= 11 is 1.47. The van der Waals surface area contributed by atoms with Crippen molar-refractivity contribution in [1.29, 1.82) is 0 Å². The van der Waals surface area contributed by atoms with Gasteiger partial charge in [-0.05, 0) is 18.6 Å². The molecule has 0 saturated heterocycles. The average molecular weight is 343 g/mol. The van der Waals surface area contributed by atoms with E-state index in [-0.39, 0.29) is 0 Å². The molecule has 0 aliphatic heterocycles. The van der Waals surface area contributed by atoms with Crippen LogP contribution in [0.15, 0.2) is 52.2 Å². The van der Waals surface area contributed by atoms with Crippen LogP contribution in [0.25, 0.3) is 0 Å². The molecule has 0 N–H and O–H groups in total. The predicted octanol–water partition coefficient (Wildman–Crippen LogP) is 3.31. The van der Waals surface area contributed by atoms with Crippen LogP contribution in [0.1, 0.15) is 27.5 Å². The lowest BCUT2D eigenvalue weighted by atomic mass is 10.2. The summed E-state index contributed by atoms with van der Waals surface area (Å²) in [6.07, 6.45) is 1.49. The van der Waals surface area contributed by atoms with Gasteiger partial charge in [-0.25, -0.2) is 4.79 Å². The Morgan fingerprint density at radius 1 is 1.25 bits per heavy atom. The Morgan fingerprint density at radius 3 is 2.79 bits per heavy atom. The van der Waals surface area contributed by atoms with Gasteiger partial charge in [-0.2, -0.15) is 0 Å². The molecule has 24 heavy (non-hydrogen) atoms. The van der Waals surface area contributed by atoms with E-state index in [0.717, 1.165) is 11.0 Å². The molecule has 0 amide bonds. The van der Waals surface area contributed by atoms with E-state index in [9.17, 15) is 4.79 Å². The highest BCUT2D eigenvalue weighted by atomic mass is 32.2. The quantitative estimate of drug-likeness (QED) is 0.505. The fourth-order valence-electron chi connectivity index (χ4n) is 2.29. The number of rotatable bonds is 6. The SMILES string of the molecule is COC(=O)c1ccoc1CSc1nnc(C)n1Cc1ccccc1. The normalized spacial score (nSPS) is 10.8. The number of aryl methyl sites for hydroxylation is 1. The number of esters is 1. The number of nitrogens with zero attached hydrogens (tertiary/aromatic N) is 3. The molecule has 0 aliphatic carbocycles. The molecule has 0 atom stereocenters. The molecule has 6 nitrogen and oxygen atoms in total. The summed E-state index contributed by atoms with van der Waals surface area (Å²) < 4.78 is 12.2. The van der Waals surface area contributed by atoms with Gasteiger partial charge in [0.05, 0.1) is 25.7 Å². The van der Waals surface area contributed by atoms with E-state index in [0.29, 0.717) is 23.6 Å². The molecule has 0 radical (unpaired) electrons. The third-order valence-corrected chi connectivity index (χ3v) is 4.54. The molecule has 124 valence electrons. The van der Waals surface area contributed by atoms with E-state index in [1.54, 1.807) is 6.07 Å². The van der Waals surface area contributed by atoms with E-state index >= 15 is 0 Å². The number of furan rings is 1. The van der Waals surface area contributed by atoms with Crippen molar-refractivity contribution < 1.29 is 13.9 Å². The van der Waals surface area contributed by atoms with Gasteiger partial charge in [-0.3, -0.25) is 0 Å². The zero-order valence-electron chi connectivity index (χ0n) is 13.4. The Bertz CT molecular complexity index is 827. The molecule has 2 heterocycles. The maximum Gasteiger partial charge on any atom is 0.341 e. The first-order valence-corrected chi connectivity index (χ1v) is 8.39. The van der Waals surface area contributed by atoms with Crippen molar-refractivity contribution in [3.8, 4) is 0 Å². The second-order valence-corrected chi connectivity index (χ2v) is 6.08. The Morgan fingerprint density at radius 2 is 2.04 bits per heavy atom. The van der Waals surface area contributed by atoms with Gasteiger partial charge in [0.15, 0.2) is 5.16 Å². The number of benzene rings is 1. The molecule has 7 heteroatoms. The first-order valence-electron chi connectivity index (χ1n) is 7.40. The van der Waals surface area contributed by atoms with Crippen LogP contribution < -0.4 is 0 Å². The molecule has 0 aliphatic rings. The van der Waals surface area contributed by atoms with Gasteiger partial charge in [-0.1, -0.05) is 42.1 Å². The predicted molar refractivity (Wildman–Crippen MR) is 89.9 cm³/mol. The van der Waals surface area contributed by atoms with E-state index < -0.39 is 5.97 Å². The van der Waals surface area contributed by atoms with Crippen molar-refractivity contribution in [2.24, 2.45) is 0 Å². The number of carbonyl (C=O) groups excluding carboxylic acids is 1. The standard InChI is InChI=1S/C17H17N3O3S/c1-12-18-19-17(20(12)10-13-6-4-3-5-7-13)24-11-15-14(8-9-23-15)16(21)22-2/h3-9H,10-11H2,1-2H3. The number of hydrogen-bond acceptors (Lipinski definition) is 6.